The third kappa shape index (κ3) is 6.35. The zero-order valence-electron chi connectivity index (χ0n) is 14.1. The van der Waals surface area contributed by atoms with Crippen LogP contribution in [-0.4, -0.2) is 56.3 Å². The maximum atomic E-state index is 12.3. The summed E-state index contributed by atoms with van der Waals surface area (Å²) < 4.78 is 24.8. The summed E-state index contributed by atoms with van der Waals surface area (Å²) in [4.78, 5) is 24.8. The second kappa shape index (κ2) is 8.30. The minimum Gasteiger partial charge on any atom is -0.478 e. The second-order valence-corrected chi connectivity index (χ2v) is 8.07. The molecule has 138 valence electrons. The fourth-order valence-electron chi connectivity index (χ4n) is 2.74. The van der Waals surface area contributed by atoms with Crippen LogP contribution < -0.4 is 10.0 Å². The predicted octanol–water partition coefficient (Wildman–Crippen LogP) is 0.856. The Balaban J connectivity index is 1.82. The van der Waals surface area contributed by atoms with Crippen molar-refractivity contribution in [2.24, 2.45) is 5.92 Å². The minimum atomic E-state index is -3.23. The van der Waals surface area contributed by atoms with Crippen molar-refractivity contribution < 1.29 is 23.1 Å². The summed E-state index contributed by atoms with van der Waals surface area (Å²) in [7, 11) is -3.23. The summed E-state index contributed by atoms with van der Waals surface area (Å²) in [5, 5.41) is 11.7. The van der Waals surface area contributed by atoms with E-state index in [1.807, 2.05) is 0 Å². The largest absolute Gasteiger partial charge is 0.478 e. The Labute approximate surface area is 147 Å². The van der Waals surface area contributed by atoms with E-state index in [1.54, 1.807) is 17.0 Å². The van der Waals surface area contributed by atoms with Gasteiger partial charge in [0, 0.05) is 26.2 Å². The number of amides is 2. The van der Waals surface area contributed by atoms with Gasteiger partial charge in [0.05, 0.1) is 11.8 Å². The van der Waals surface area contributed by atoms with E-state index in [2.05, 4.69) is 10.0 Å². The Morgan fingerprint density at radius 3 is 2.56 bits per heavy atom. The van der Waals surface area contributed by atoms with Crippen LogP contribution >= 0.6 is 0 Å². The number of nitrogens with zero attached hydrogens (tertiary/aromatic N) is 1. The van der Waals surface area contributed by atoms with Crippen LogP contribution in [0.25, 0.3) is 0 Å². The van der Waals surface area contributed by atoms with Gasteiger partial charge < -0.3 is 15.3 Å². The lowest BCUT2D eigenvalue weighted by molar-refractivity contribution is 0.0696. The molecule has 0 saturated carbocycles. The molecule has 3 N–H and O–H groups in total. The van der Waals surface area contributed by atoms with Crippen molar-refractivity contribution in [3.8, 4) is 0 Å². The van der Waals surface area contributed by atoms with E-state index in [9.17, 15) is 18.0 Å². The van der Waals surface area contributed by atoms with Gasteiger partial charge in [0.2, 0.25) is 10.0 Å². The number of likely N-dealkylation sites (tertiary alicyclic amines) is 1. The van der Waals surface area contributed by atoms with Gasteiger partial charge in [-0.25, -0.2) is 22.7 Å². The first kappa shape index (κ1) is 19.2. The number of carbonyl (C=O) groups is 2. The van der Waals surface area contributed by atoms with Crippen LogP contribution in [0.1, 0.15) is 28.8 Å². The highest BCUT2D eigenvalue weighted by atomic mass is 32.2. The van der Waals surface area contributed by atoms with E-state index >= 15 is 0 Å². The normalized spacial score (nSPS) is 18.0. The number of urea groups is 1. The monoisotopic (exact) mass is 369 g/mol. The molecule has 1 aliphatic rings. The zero-order valence-corrected chi connectivity index (χ0v) is 14.9. The number of hydrogen-bond donors (Lipinski definition) is 3. The number of carbonyl (C=O) groups excluding carboxylic acids is 1. The summed E-state index contributed by atoms with van der Waals surface area (Å²) in [6, 6.07) is 6.12. The number of sulfonamides is 1. The molecular weight excluding hydrogens is 346 g/mol. The van der Waals surface area contributed by atoms with Gasteiger partial charge in [-0.05, 0) is 36.5 Å². The summed E-state index contributed by atoms with van der Waals surface area (Å²) in [6.45, 7) is 1.78. The van der Waals surface area contributed by atoms with Crippen LogP contribution in [0.15, 0.2) is 24.3 Å². The Morgan fingerprint density at radius 1 is 1.28 bits per heavy atom. The van der Waals surface area contributed by atoms with E-state index < -0.39 is 16.0 Å². The lowest BCUT2D eigenvalue weighted by Gasteiger charge is -2.32. The lowest BCUT2D eigenvalue weighted by atomic mass is 9.99. The molecule has 1 unspecified atom stereocenters. The number of carboxylic acid groups (broad SMARTS) is 1. The Kier molecular flexibility index (Phi) is 6.38. The summed E-state index contributed by atoms with van der Waals surface area (Å²) >= 11 is 0. The maximum Gasteiger partial charge on any atom is 0.335 e. The molecule has 8 nitrogen and oxygen atoms in total. The molecular formula is C16H23N3O5S. The van der Waals surface area contributed by atoms with Gasteiger partial charge in [-0.3, -0.25) is 0 Å². The van der Waals surface area contributed by atoms with Crippen molar-refractivity contribution in [3.05, 3.63) is 35.4 Å². The molecule has 1 aliphatic heterocycles. The second-order valence-electron chi connectivity index (χ2n) is 6.24. The summed E-state index contributed by atoms with van der Waals surface area (Å²) in [5.41, 5.74) is 1.01. The van der Waals surface area contributed by atoms with Gasteiger partial charge in [-0.2, -0.15) is 0 Å². The molecule has 9 heteroatoms. The Morgan fingerprint density at radius 2 is 1.96 bits per heavy atom. The summed E-state index contributed by atoms with van der Waals surface area (Å²) in [5.74, 6) is -0.887. The number of aromatic carboxylic acids is 1. The number of hydrogen-bond acceptors (Lipinski definition) is 4. The van der Waals surface area contributed by atoms with E-state index in [-0.39, 0.29) is 17.5 Å². The molecule has 1 heterocycles. The molecule has 1 aromatic carbocycles. The van der Waals surface area contributed by atoms with Crippen molar-refractivity contribution >= 4 is 22.0 Å². The van der Waals surface area contributed by atoms with Crippen LogP contribution in [0, 0.1) is 5.92 Å². The smallest absolute Gasteiger partial charge is 0.335 e. The standard InChI is InChI=1S/C16H23N3O5S/c1-25(23,24)18-10-13-3-2-8-19(11-13)16(22)17-9-12-4-6-14(7-5-12)15(20)21/h4-7,13,18H,2-3,8-11H2,1H3,(H,17,22)(H,20,21). The van der Waals surface area contributed by atoms with Crippen LogP contribution in [0.5, 0.6) is 0 Å². The first-order chi connectivity index (χ1) is 11.7. The number of rotatable bonds is 6. The van der Waals surface area contributed by atoms with E-state index in [4.69, 9.17) is 5.11 Å². The van der Waals surface area contributed by atoms with Crippen LogP contribution in [0.2, 0.25) is 0 Å². The third-order valence-electron chi connectivity index (χ3n) is 4.09. The summed E-state index contributed by atoms with van der Waals surface area (Å²) in [6.07, 6.45) is 2.83. The van der Waals surface area contributed by atoms with E-state index in [0.717, 1.165) is 24.7 Å². The highest BCUT2D eigenvalue weighted by Gasteiger charge is 2.24. The lowest BCUT2D eigenvalue weighted by Crippen LogP contribution is -2.47. The number of piperidine rings is 1. The molecule has 1 atom stereocenters. The van der Waals surface area contributed by atoms with Crippen molar-refractivity contribution in [2.75, 3.05) is 25.9 Å². The molecule has 2 rings (SSSR count). The highest BCUT2D eigenvalue weighted by Crippen LogP contribution is 2.16. The average molecular weight is 369 g/mol. The van der Waals surface area contributed by atoms with Gasteiger partial charge in [0.15, 0.2) is 0 Å². The zero-order chi connectivity index (χ0) is 18.4. The van der Waals surface area contributed by atoms with Crippen molar-refractivity contribution in [1.82, 2.24) is 14.9 Å². The molecule has 0 aliphatic carbocycles. The molecule has 2 amide bonds. The van der Waals surface area contributed by atoms with Crippen molar-refractivity contribution in [3.63, 3.8) is 0 Å². The highest BCUT2D eigenvalue weighted by molar-refractivity contribution is 7.88. The quantitative estimate of drug-likeness (QED) is 0.688. The average Bonchev–Trinajstić information content (AvgIpc) is 2.58. The fraction of sp³-hybridized carbons (Fsp3) is 0.500. The fourth-order valence-corrected chi connectivity index (χ4v) is 3.28. The predicted molar refractivity (Wildman–Crippen MR) is 92.8 cm³/mol. The molecule has 0 bridgehead atoms. The number of carboxylic acids is 1. The Hall–Kier alpha value is -2.13. The van der Waals surface area contributed by atoms with E-state index in [0.29, 0.717) is 26.2 Å². The topological polar surface area (TPSA) is 116 Å². The molecule has 1 aromatic rings. The van der Waals surface area contributed by atoms with Gasteiger partial charge in [0.1, 0.15) is 0 Å². The van der Waals surface area contributed by atoms with Gasteiger partial charge >= 0.3 is 12.0 Å². The van der Waals surface area contributed by atoms with Crippen molar-refractivity contribution in [1.29, 1.82) is 0 Å². The minimum absolute atomic E-state index is 0.101. The number of nitrogens with one attached hydrogen (secondary N) is 2. The van der Waals surface area contributed by atoms with Gasteiger partial charge in [-0.15, -0.1) is 0 Å². The number of benzene rings is 1. The SMILES string of the molecule is CS(=O)(=O)NCC1CCCN(C(=O)NCc2ccc(C(=O)O)cc2)C1. The van der Waals surface area contributed by atoms with Crippen LogP contribution in [0.4, 0.5) is 4.79 Å². The molecule has 0 spiro atoms. The Bertz CT molecular complexity index is 718. The molecule has 1 fully saturated rings. The molecule has 0 aromatic heterocycles. The van der Waals surface area contributed by atoms with Crippen molar-refractivity contribution in [2.45, 2.75) is 19.4 Å². The molecule has 1 saturated heterocycles. The maximum absolute atomic E-state index is 12.3. The van der Waals surface area contributed by atoms with Gasteiger partial charge in [-0.1, -0.05) is 12.1 Å². The van der Waals surface area contributed by atoms with E-state index in [1.165, 1.54) is 12.1 Å². The first-order valence-corrected chi connectivity index (χ1v) is 9.93. The molecule has 0 radical (unpaired) electrons. The molecule has 25 heavy (non-hydrogen) atoms. The third-order valence-corrected chi connectivity index (χ3v) is 4.78. The van der Waals surface area contributed by atoms with Crippen LogP contribution in [0.3, 0.4) is 0 Å². The van der Waals surface area contributed by atoms with Gasteiger partial charge in [0.25, 0.3) is 0 Å². The van der Waals surface area contributed by atoms with Crippen LogP contribution in [-0.2, 0) is 16.6 Å². The first-order valence-electron chi connectivity index (χ1n) is 8.04.